The minimum absolute atomic E-state index is 0.0903. The van der Waals surface area contributed by atoms with E-state index in [1.807, 2.05) is 0 Å². The SMILES string of the molecule is N#Cc1cc(NC(=O)c2ccc(C(F)F)nc2N2CCCC(F)(F)CC2)ccc1F. The smallest absolute Gasteiger partial charge is 0.280 e. The van der Waals surface area contributed by atoms with Gasteiger partial charge in [0.1, 0.15) is 23.4 Å². The Morgan fingerprint density at radius 3 is 2.67 bits per heavy atom. The number of halogens is 5. The number of benzene rings is 1. The summed E-state index contributed by atoms with van der Waals surface area (Å²) in [6.45, 7) is -0.0210. The zero-order chi connectivity index (χ0) is 21.9. The van der Waals surface area contributed by atoms with Crippen LogP contribution in [-0.2, 0) is 0 Å². The van der Waals surface area contributed by atoms with E-state index in [0.717, 1.165) is 24.3 Å². The fourth-order valence-corrected chi connectivity index (χ4v) is 3.17. The molecule has 2 aromatic rings. The molecule has 0 saturated carbocycles. The van der Waals surface area contributed by atoms with E-state index in [1.54, 1.807) is 6.07 Å². The van der Waals surface area contributed by atoms with Crippen LogP contribution in [0.4, 0.5) is 33.5 Å². The second-order valence-corrected chi connectivity index (χ2v) is 6.87. The van der Waals surface area contributed by atoms with Crippen LogP contribution in [0.2, 0.25) is 0 Å². The Bertz CT molecular complexity index is 990. The van der Waals surface area contributed by atoms with Crippen molar-refractivity contribution in [1.29, 1.82) is 5.26 Å². The number of nitrogens with zero attached hydrogens (tertiary/aromatic N) is 3. The van der Waals surface area contributed by atoms with E-state index in [-0.39, 0.29) is 48.6 Å². The zero-order valence-corrected chi connectivity index (χ0v) is 15.6. The maximum absolute atomic E-state index is 13.7. The van der Waals surface area contributed by atoms with Crippen LogP contribution < -0.4 is 10.2 Å². The van der Waals surface area contributed by atoms with Crippen LogP contribution in [0.15, 0.2) is 30.3 Å². The van der Waals surface area contributed by atoms with Crippen molar-refractivity contribution in [1.82, 2.24) is 4.98 Å². The highest BCUT2D eigenvalue weighted by molar-refractivity contribution is 6.07. The third-order valence-corrected chi connectivity index (χ3v) is 4.73. The van der Waals surface area contributed by atoms with Crippen molar-refractivity contribution >= 4 is 17.4 Å². The van der Waals surface area contributed by atoms with E-state index in [1.165, 1.54) is 11.0 Å². The molecule has 1 aliphatic heterocycles. The van der Waals surface area contributed by atoms with Gasteiger partial charge in [-0.05, 0) is 36.8 Å². The molecule has 1 fully saturated rings. The number of amides is 1. The first-order chi connectivity index (χ1) is 14.2. The van der Waals surface area contributed by atoms with Crippen LogP contribution >= 0.6 is 0 Å². The van der Waals surface area contributed by atoms with Gasteiger partial charge in [-0.2, -0.15) is 5.26 Å². The fraction of sp³-hybridized carbons (Fsp3) is 0.350. The average Bonchev–Trinajstić information content (AvgIpc) is 2.89. The average molecular weight is 424 g/mol. The van der Waals surface area contributed by atoms with Crippen molar-refractivity contribution in [3.05, 3.63) is 53.0 Å². The van der Waals surface area contributed by atoms with Crippen molar-refractivity contribution in [3.63, 3.8) is 0 Å². The van der Waals surface area contributed by atoms with Crippen LogP contribution in [-0.4, -0.2) is 29.9 Å². The summed E-state index contributed by atoms with van der Waals surface area (Å²) in [5.74, 6) is -4.50. The highest BCUT2D eigenvalue weighted by atomic mass is 19.3. The van der Waals surface area contributed by atoms with Crippen LogP contribution in [0.3, 0.4) is 0 Å². The van der Waals surface area contributed by atoms with Crippen LogP contribution in [0, 0.1) is 17.1 Å². The van der Waals surface area contributed by atoms with Crippen molar-refractivity contribution in [3.8, 4) is 6.07 Å². The lowest BCUT2D eigenvalue weighted by Gasteiger charge is -2.24. The number of rotatable bonds is 4. The summed E-state index contributed by atoms with van der Waals surface area (Å²) in [7, 11) is 0. The van der Waals surface area contributed by atoms with E-state index in [9.17, 15) is 26.7 Å². The van der Waals surface area contributed by atoms with Crippen LogP contribution in [0.5, 0.6) is 0 Å². The maximum Gasteiger partial charge on any atom is 0.280 e. The summed E-state index contributed by atoms with van der Waals surface area (Å²) in [4.78, 5) is 18.0. The van der Waals surface area contributed by atoms with E-state index in [4.69, 9.17) is 5.26 Å². The number of carbonyl (C=O) groups is 1. The van der Waals surface area contributed by atoms with Gasteiger partial charge in [-0.25, -0.2) is 26.9 Å². The molecule has 30 heavy (non-hydrogen) atoms. The molecule has 1 N–H and O–H groups in total. The number of carbonyl (C=O) groups excluding carboxylic acids is 1. The summed E-state index contributed by atoms with van der Waals surface area (Å²) < 4.78 is 67.2. The zero-order valence-electron chi connectivity index (χ0n) is 15.6. The van der Waals surface area contributed by atoms with Crippen molar-refractivity contribution in [2.24, 2.45) is 0 Å². The quantitative estimate of drug-likeness (QED) is 0.709. The Kier molecular flexibility index (Phi) is 6.20. The van der Waals surface area contributed by atoms with Crippen molar-refractivity contribution < 1.29 is 26.7 Å². The van der Waals surface area contributed by atoms with E-state index >= 15 is 0 Å². The monoisotopic (exact) mass is 424 g/mol. The first kappa shape index (κ1) is 21.5. The number of aromatic nitrogens is 1. The first-order valence-electron chi connectivity index (χ1n) is 9.13. The second-order valence-electron chi connectivity index (χ2n) is 6.87. The number of hydrogen-bond acceptors (Lipinski definition) is 4. The largest absolute Gasteiger partial charge is 0.356 e. The summed E-state index contributed by atoms with van der Waals surface area (Å²) in [6.07, 6.45) is -3.62. The van der Waals surface area contributed by atoms with E-state index < -0.39 is 36.2 Å². The van der Waals surface area contributed by atoms with Gasteiger partial charge in [0.2, 0.25) is 5.92 Å². The predicted octanol–water partition coefficient (Wildman–Crippen LogP) is 4.91. The summed E-state index contributed by atoms with van der Waals surface area (Å²) in [6, 6.07) is 7.15. The van der Waals surface area contributed by atoms with Gasteiger partial charge in [0.25, 0.3) is 12.3 Å². The highest BCUT2D eigenvalue weighted by Gasteiger charge is 2.33. The molecular formula is C20H17F5N4O. The fourth-order valence-electron chi connectivity index (χ4n) is 3.17. The molecule has 10 heteroatoms. The molecule has 1 amide bonds. The third-order valence-electron chi connectivity index (χ3n) is 4.73. The second kappa shape index (κ2) is 8.65. The topological polar surface area (TPSA) is 69.0 Å². The Balaban J connectivity index is 1.93. The number of pyridine rings is 1. The molecule has 5 nitrogen and oxygen atoms in total. The third kappa shape index (κ3) is 4.84. The normalized spacial score (nSPS) is 16.1. The van der Waals surface area contributed by atoms with Gasteiger partial charge in [0, 0.05) is 31.6 Å². The summed E-state index contributed by atoms with van der Waals surface area (Å²) in [5, 5.41) is 11.4. The minimum Gasteiger partial charge on any atom is -0.356 e. The van der Waals surface area contributed by atoms with E-state index in [0.29, 0.717) is 0 Å². The summed E-state index contributed by atoms with van der Waals surface area (Å²) >= 11 is 0. The van der Waals surface area contributed by atoms with E-state index in [2.05, 4.69) is 10.3 Å². The maximum atomic E-state index is 13.7. The van der Waals surface area contributed by atoms with Gasteiger partial charge in [-0.15, -0.1) is 0 Å². The molecule has 1 saturated heterocycles. The molecule has 0 spiro atoms. The Labute approximate surface area is 169 Å². The van der Waals surface area contributed by atoms with Gasteiger partial charge in [0.05, 0.1) is 11.1 Å². The molecule has 158 valence electrons. The lowest BCUT2D eigenvalue weighted by molar-refractivity contribution is -0.0102. The highest BCUT2D eigenvalue weighted by Crippen LogP contribution is 2.32. The van der Waals surface area contributed by atoms with Gasteiger partial charge in [-0.3, -0.25) is 4.79 Å². The van der Waals surface area contributed by atoms with Crippen LogP contribution in [0.1, 0.15) is 47.3 Å². The molecule has 1 aromatic heterocycles. The standard InChI is InChI=1S/C20H17F5N4O/c21-15-4-2-13(10-12(15)11-26)27-19(30)14-3-5-16(17(22)23)28-18(14)29-8-1-6-20(24,25)7-9-29/h2-5,10,17H,1,6-9H2,(H,27,30). The van der Waals surface area contributed by atoms with Crippen LogP contribution in [0.25, 0.3) is 0 Å². The molecule has 0 radical (unpaired) electrons. The molecule has 1 aromatic carbocycles. The molecule has 1 aliphatic rings. The van der Waals surface area contributed by atoms with Gasteiger partial charge in [0.15, 0.2) is 0 Å². The van der Waals surface area contributed by atoms with Crippen molar-refractivity contribution in [2.75, 3.05) is 23.3 Å². The molecular weight excluding hydrogens is 407 g/mol. The van der Waals surface area contributed by atoms with Gasteiger partial charge in [-0.1, -0.05) is 0 Å². The van der Waals surface area contributed by atoms with Gasteiger partial charge >= 0.3 is 0 Å². The number of anilines is 2. The number of nitrogens with one attached hydrogen (secondary N) is 1. The Hall–Kier alpha value is -3.22. The lowest BCUT2D eigenvalue weighted by Crippen LogP contribution is -2.29. The lowest BCUT2D eigenvalue weighted by atomic mass is 10.1. The molecule has 2 heterocycles. The minimum atomic E-state index is -2.90. The number of hydrogen-bond donors (Lipinski definition) is 1. The molecule has 0 bridgehead atoms. The molecule has 3 rings (SSSR count). The number of nitriles is 1. The molecule has 0 unspecified atom stereocenters. The Morgan fingerprint density at radius 2 is 1.97 bits per heavy atom. The Morgan fingerprint density at radius 1 is 1.20 bits per heavy atom. The van der Waals surface area contributed by atoms with Crippen molar-refractivity contribution in [2.45, 2.75) is 31.6 Å². The van der Waals surface area contributed by atoms with Gasteiger partial charge < -0.3 is 10.2 Å². The summed E-state index contributed by atoms with van der Waals surface area (Å²) in [5.41, 5.74) is -0.836. The molecule has 0 aliphatic carbocycles. The predicted molar refractivity (Wildman–Crippen MR) is 99.3 cm³/mol. The molecule has 0 atom stereocenters. The first-order valence-corrected chi connectivity index (χ1v) is 9.13. The number of alkyl halides is 4.